The topological polar surface area (TPSA) is 52.3 Å². The summed E-state index contributed by atoms with van der Waals surface area (Å²) in [6.45, 7) is 1.88. The zero-order valence-corrected chi connectivity index (χ0v) is 12.3. The van der Waals surface area contributed by atoms with Crippen molar-refractivity contribution in [3.63, 3.8) is 0 Å². The Balaban J connectivity index is 2.13. The molecule has 0 aliphatic carbocycles. The minimum Gasteiger partial charge on any atom is -0.457 e. The van der Waals surface area contributed by atoms with E-state index in [4.69, 9.17) is 33.7 Å². The zero-order chi connectivity index (χ0) is 14.7. The van der Waals surface area contributed by atoms with Crippen LogP contribution in [0.5, 0.6) is 0 Å². The highest BCUT2D eigenvalue weighted by Gasteiger charge is 2.14. The summed E-state index contributed by atoms with van der Waals surface area (Å²) < 4.78 is 5.25. The van der Waals surface area contributed by atoms with Crippen LogP contribution < -0.4 is 5.73 Å². The van der Waals surface area contributed by atoms with Crippen molar-refractivity contribution in [2.45, 2.75) is 13.5 Å². The van der Waals surface area contributed by atoms with Crippen LogP contribution >= 0.6 is 23.2 Å². The van der Waals surface area contributed by atoms with Crippen LogP contribution in [0, 0.1) is 6.92 Å². The lowest BCUT2D eigenvalue weighted by atomic mass is 10.1. The van der Waals surface area contributed by atoms with Gasteiger partial charge in [0.25, 0.3) is 0 Å². The van der Waals surface area contributed by atoms with E-state index in [9.17, 15) is 4.79 Å². The molecule has 2 aromatic rings. The Labute approximate surface area is 127 Å². The van der Waals surface area contributed by atoms with Crippen LogP contribution in [0.2, 0.25) is 10.0 Å². The number of nitrogens with two attached hydrogens (primary N) is 1. The fourth-order valence-corrected chi connectivity index (χ4v) is 2.29. The molecule has 0 aromatic heterocycles. The van der Waals surface area contributed by atoms with Crippen molar-refractivity contribution in [2.24, 2.45) is 0 Å². The molecule has 0 bridgehead atoms. The van der Waals surface area contributed by atoms with Crippen LogP contribution in [0.1, 0.15) is 21.5 Å². The molecule has 3 nitrogen and oxygen atoms in total. The summed E-state index contributed by atoms with van der Waals surface area (Å²) >= 11 is 11.8. The van der Waals surface area contributed by atoms with Crippen LogP contribution in [-0.2, 0) is 11.3 Å². The summed E-state index contributed by atoms with van der Waals surface area (Å²) in [5.74, 6) is -0.466. The summed E-state index contributed by atoms with van der Waals surface area (Å²) in [6, 6.07) is 10.3. The van der Waals surface area contributed by atoms with Crippen molar-refractivity contribution < 1.29 is 9.53 Å². The third kappa shape index (κ3) is 3.24. The molecule has 0 amide bonds. The van der Waals surface area contributed by atoms with Gasteiger partial charge in [0.15, 0.2) is 0 Å². The van der Waals surface area contributed by atoms with E-state index in [2.05, 4.69) is 0 Å². The zero-order valence-electron chi connectivity index (χ0n) is 10.8. The molecule has 2 aromatic carbocycles. The molecule has 5 heteroatoms. The molecule has 104 valence electrons. The van der Waals surface area contributed by atoms with E-state index >= 15 is 0 Å². The molecule has 0 unspecified atom stereocenters. The normalized spacial score (nSPS) is 10.3. The lowest BCUT2D eigenvalue weighted by molar-refractivity contribution is 0.0473. The van der Waals surface area contributed by atoms with Crippen LogP contribution in [0.25, 0.3) is 0 Å². The fourth-order valence-electron chi connectivity index (χ4n) is 1.82. The second kappa shape index (κ2) is 6.16. The number of aryl methyl sites for hydroxylation is 1. The van der Waals surface area contributed by atoms with E-state index in [1.165, 1.54) is 0 Å². The van der Waals surface area contributed by atoms with Gasteiger partial charge in [0.1, 0.15) is 6.61 Å². The summed E-state index contributed by atoms with van der Waals surface area (Å²) in [4.78, 5) is 12.1. The Bertz CT molecular complexity index is 636. The van der Waals surface area contributed by atoms with Crippen LogP contribution in [0.4, 0.5) is 5.69 Å². The largest absolute Gasteiger partial charge is 0.457 e. The number of nitrogen functional groups attached to an aromatic ring is 1. The van der Waals surface area contributed by atoms with Gasteiger partial charge in [-0.3, -0.25) is 0 Å². The van der Waals surface area contributed by atoms with E-state index in [0.29, 0.717) is 26.9 Å². The number of rotatable bonds is 3. The van der Waals surface area contributed by atoms with Gasteiger partial charge < -0.3 is 10.5 Å². The molecule has 0 radical (unpaired) electrons. The molecule has 20 heavy (non-hydrogen) atoms. The third-order valence-corrected chi connectivity index (χ3v) is 3.47. The maximum atomic E-state index is 12.1. The third-order valence-electron chi connectivity index (χ3n) is 2.88. The monoisotopic (exact) mass is 309 g/mol. The number of carbonyl (C=O) groups excluding carboxylic acids is 1. The molecule has 0 saturated heterocycles. The van der Waals surface area contributed by atoms with Gasteiger partial charge in [-0.05, 0) is 30.7 Å². The number of anilines is 1. The molecular formula is C15H13Cl2NO2. The molecule has 0 heterocycles. The number of benzene rings is 2. The average Bonchev–Trinajstić information content (AvgIpc) is 2.37. The second-order valence-corrected chi connectivity index (χ2v) is 5.19. The van der Waals surface area contributed by atoms with E-state index in [1.54, 1.807) is 30.3 Å². The molecular weight excluding hydrogens is 297 g/mol. The maximum Gasteiger partial charge on any atom is 0.340 e. The molecule has 0 spiro atoms. The minimum absolute atomic E-state index is 0.0720. The van der Waals surface area contributed by atoms with Gasteiger partial charge in [0, 0.05) is 21.3 Å². The Morgan fingerprint density at radius 1 is 1.25 bits per heavy atom. The smallest absolute Gasteiger partial charge is 0.340 e. The van der Waals surface area contributed by atoms with E-state index in [-0.39, 0.29) is 6.61 Å². The first-order valence-electron chi connectivity index (χ1n) is 5.95. The predicted molar refractivity (Wildman–Crippen MR) is 81.2 cm³/mol. The summed E-state index contributed by atoms with van der Waals surface area (Å²) in [7, 11) is 0. The van der Waals surface area contributed by atoms with Gasteiger partial charge >= 0.3 is 5.97 Å². The molecule has 2 rings (SSSR count). The first-order valence-corrected chi connectivity index (χ1v) is 6.71. The minimum atomic E-state index is -0.466. The highest BCUT2D eigenvalue weighted by molar-refractivity contribution is 6.35. The van der Waals surface area contributed by atoms with Gasteiger partial charge in [0.05, 0.1) is 5.56 Å². The number of halogens is 2. The van der Waals surface area contributed by atoms with Crippen molar-refractivity contribution in [3.8, 4) is 0 Å². The van der Waals surface area contributed by atoms with Gasteiger partial charge in [-0.1, -0.05) is 41.4 Å². The molecule has 0 atom stereocenters. The predicted octanol–water partition coefficient (Wildman–Crippen LogP) is 4.24. The van der Waals surface area contributed by atoms with Crippen molar-refractivity contribution in [1.29, 1.82) is 0 Å². The Morgan fingerprint density at radius 3 is 2.65 bits per heavy atom. The number of hydrogen-bond acceptors (Lipinski definition) is 3. The number of esters is 1. The molecule has 0 fully saturated rings. The highest BCUT2D eigenvalue weighted by Crippen LogP contribution is 2.23. The summed E-state index contributed by atoms with van der Waals surface area (Å²) in [5.41, 5.74) is 8.05. The Hall–Kier alpha value is -1.71. The molecule has 2 N–H and O–H groups in total. The van der Waals surface area contributed by atoms with E-state index < -0.39 is 5.97 Å². The van der Waals surface area contributed by atoms with Crippen molar-refractivity contribution in [1.82, 2.24) is 0 Å². The molecule has 0 aliphatic heterocycles. The van der Waals surface area contributed by atoms with Crippen molar-refractivity contribution in [3.05, 3.63) is 63.1 Å². The van der Waals surface area contributed by atoms with Crippen LogP contribution in [0.15, 0.2) is 36.4 Å². The number of hydrogen-bond donors (Lipinski definition) is 1. The van der Waals surface area contributed by atoms with Gasteiger partial charge in [-0.25, -0.2) is 4.79 Å². The highest BCUT2D eigenvalue weighted by atomic mass is 35.5. The van der Waals surface area contributed by atoms with Gasteiger partial charge in [0.2, 0.25) is 0 Å². The fraction of sp³-hybridized carbons (Fsp3) is 0.133. The lowest BCUT2D eigenvalue weighted by Gasteiger charge is -2.10. The quantitative estimate of drug-likeness (QED) is 0.681. The number of ether oxygens (including phenoxy) is 1. The lowest BCUT2D eigenvalue weighted by Crippen LogP contribution is -2.10. The number of carbonyl (C=O) groups is 1. The van der Waals surface area contributed by atoms with E-state index in [0.717, 1.165) is 5.56 Å². The van der Waals surface area contributed by atoms with Crippen molar-refractivity contribution >= 4 is 34.9 Å². The van der Waals surface area contributed by atoms with E-state index in [1.807, 2.05) is 13.0 Å². The molecule has 0 saturated carbocycles. The van der Waals surface area contributed by atoms with Crippen molar-refractivity contribution in [2.75, 3.05) is 5.73 Å². The first kappa shape index (κ1) is 14.7. The standard InChI is InChI=1S/C15H13Cl2NO2/c1-9-3-2-4-13(18)14(9)15(19)20-8-10-5-6-11(16)7-12(10)17/h2-7H,8,18H2,1H3. The summed E-state index contributed by atoms with van der Waals surface area (Å²) in [5, 5.41) is 0.997. The van der Waals surface area contributed by atoms with Crippen LogP contribution in [0.3, 0.4) is 0 Å². The molecule has 0 aliphatic rings. The Morgan fingerprint density at radius 2 is 2.00 bits per heavy atom. The average molecular weight is 310 g/mol. The van der Waals surface area contributed by atoms with Crippen LogP contribution in [-0.4, -0.2) is 5.97 Å². The summed E-state index contributed by atoms with van der Waals surface area (Å²) in [6.07, 6.45) is 0. The van der Waals surface area contributed by atoms with Gasteiger partial charge in [-0.15, -0.1) is 0 Å². The van der Waals surface area contributed by atoms with Gasteiger partial charge in [-0.2, -0.15) is 0 Å². The second-order valence-electron chi connectivity index (χ2n) is 4.35. The maximum absolute atomic E-state index is 12.1. The SMILES string of the molecule is Cc1cccc(N)c1C(=O)OCc1ccc(Cl)cc1Cl. The Kier molecular flexibility index (Phi) is 4.53. The first-order chi connectivity index (χ1) is 9.49.